The van der Waals surface area contributed by atoms with E-state index < -0.39 is 0 Å². The van der Waals surface area contributed by atoms with E-state index in [1.54, 1.807) is 11.1 Å². The van der Waals surface area contributed by atoms with E-state index in [2.05, 4.69) is 60.8 Å². The van der Waals surface area contributed by atoms with E-state index in [0.29, 0.717) is 17.9 Å². The van der Waals surface area contributed by atoms with E-state index in [1.807, 2.05) is 0 Å². The Morgan fingerprint density at radius 2 is 1.95 bits per heavy atom. The minimum atomic E-state index is 0.503. The zero-order chi connectivity index (χ0) is 13.5. The Bertz CT molecular complexity index is 606. The summed E-state index contributed by atoms with van der Waals surface area (Å²) >= 11 is 0. The largest absolute Gasteiger partial charge is 0.385 e. The zero-order valence-corrected chi connectivity index (χ0v) is 12.0. The molecule has 0 fully saturated rings. The molecule has 0 radical (unpaired) electrons. The van der Waals surface area contributed by atoms with Crippen LogP contribution in [0.15, 0.2) is 65.4 Å². The lowest BCUT2D eigenvalue weighted by atomic mass is 9.68. The van der Waals surface area contributed by atoms with E-state index in [4.69, 9.17) is 0 Å². The van der Waals surface area contributed by atoms with Gasteiger partial charge in [-0.25, -0.2) is 0 Å². The second kappa shape index (κ2) is 4.66. The quantitative estimate of drug-likeness (QED) is 0.796. The van der Waals surface area contributed by atoms with E-state index in [9.17, 15) is 0 Å². The average molecular weight is 263 g/mol. The van der Waals surface area contributed by atoms with Gasteiger partial charge in [-0.1, -0.05) is 48.6 Å². The molecule has 1 aromatic rings. The Labute approximate surface area is 121 Å². The first-order valence-electron chi connectivity index (χ1n) is 7.77. The smallest absolute Gasteiger partial charge is 0.0307 e. The highest BCUT2D eigenvalue weighted by molar-refractivity contribution is 5.50. The molecule has 3 atom stereocenters. The number of allylic oxidation sites excluding steroid dienone is 6. The van der Waals surface area contributed by atoms with Crippen molar-refractivity contribution in [3.05, 3.63) is 71.0 Å². The summed E-state index contributed by atoms with van der Waals surface area (Å²) in [5.74, 6) is 1.11. The molecule has 1 heterocycles. The Morgan fingerprint density at radius 3 is 2.80 bits per heavy atom. The van der Waals surface area contributed by atoms with Crippen LogP contribution in [0.2, 0.25) is 0 Å². The van der Waals surface area contributed by atoms with Crippen LogP contribution in [0.3, 0.4) is 0 Å². The predicted octanol–water partition coefficient (Wildman–Crippen LogP) is 4.31. The van der Waals surface area contributed by atoms with Crippen LogP contribution in [0.1, 0.15) is 37.7 Å². The molecule has 1 N–H and O–H groups in total. The molecule has 1 aromatic carbocycles. The molecule has 3 aliphatic rings. The van der Waals surface area contributed by atoms with Crippen LogP contribution in [0.25, 0.3) is 0 Å². The highest BCUT2D eigenvalue weighted by Crippen LogP contribution is 2.47. The van der Waals surface area contributed by atoms with Gasteiger partial charge >= 0.3 is 0 Å². The summed E-state index contributed by atoms with van der Waals surface area (Å²) in [7, 11) is 0. The van der Waals surface area contributed by atoms with Gasteiger partial charge < -0.3 is 5.32 Å². The summed E-state index contributed by atoms with van der Waals surface area (Å²) in [5, 5.41) is 3.80. The molecule has 0 amide bonds. The van der Waals surface area contributed by atoms with Gasteiger partial charge in [-0.15, -0.1) is 0 Å². The van der Waals surface area contributed by atoms with Crippen molar-refractivity contribution in [1.29, 1.82) is 0 Å². The minimum Gasteiger partial charge on any atom is -0.385 e. The molecule has 1 heteroatoms. The maximum Gasteiger partial charge on any atom is 0.0307 e. The molecule has 0 saturated heterocycles. The van der Waals surface area contributed by atoms with Crippen LogP contribution in [0.5, 0.6) is 0 Å². The molecule has 0 bridgehead atoms. The van der Waals surface area contributed by atoms with E-state index in [-0.39, 0.29) is 0 Å². The van der Waals surface area contributed by atoms with Gasteiger partial charge in [0, 0.05) is 23.6 Å². The lowest BCUT2D eigenvalue weighted by Gasteiger charge is -2.43. The first-order valence-corrected chi connectivity index (χ1v) is 7.77. The number of nitrogens with one attached hydrogen (secondary N) is 1. The number of hydrogen-bond acceptors (Lipinski definition) is 1. The maximum absolute atomic E-state index is 3.80. The van der Waals surface area contributed by atoms with Crippen LogP contribution in [-0.4, -0.2) is 6.04 Å². The van der Waals surface area contributed by atoms with Gasteiger partial charge in [0.1, 0.15) is 0 Å². The number of rotatable bonds is 1. The molecule has 102 valence electrons. The van der Waals surface area contributed by atoms with Gasteiger partial charge in [0.25, 0.3) is 0 Å². The fraction of sp³-hybridized carbons (Fsp3) is 0.368. The molecular weight excluding hydrogens is 242 g/mol. The Hall–Kier alpha value is -1.76. The van der Waals surface area contributed by atoms with Gasteiger partial charge in [-0.3, -0.25) is 0 Å². The van der Waals surface area contributed by atoms with Crippen LogP contribution in [-0.2, 0) is 0 Å². The van der Waals surface area contributed by atoms with Crippen LogP contribution in [0.4, 0.5) is 0 Å². The maximum atomic E-state index is 3.80. The Morgan fingerprint density at radius 1 is 1.10 bits per heavy atom. The van der Waals surface area contributed by atoms with Crippen molar-refractivity contribution < 1.29 is 0 Å². The molecule has 1 aliphatic heterocycles. The van der Waals surface area contributed by atoms with E-state index >= 15 is 0 Å². The van der Waals surface area contributed by atoms with E-state index in [1.165, 1.54) is 30.5 Å². The molecule has 2 aliphatic carbocycles. The zero-order valence-electron chi connectivity index (χ0n) is 12.0. The molecule has 0 spiro atoms. The molecule has 3 unspecified atom stereocenters. The summed E-state index contributed by atoms with van der Waals surface area (Å²) in [6, 6.07) is 11.5. The van der Waals surface area contributed by atoms with Gasteiger partial charge in [0.15, 0.2) is 0 Å². The lowest BCUT2D eigenvalue weighted by molar-refractivity contribution is 0.385. The topological polar surface area (TPSA) is 12.0 Å². The normalized spacial score (nSPS) is 31.4. The highest BCUT2D eigenvalue weighted by Gasteiger charge is 2.38. The molecule has 0 aromatic heterocycles. The van der Waals surface area contributed by atoms with Gasteiger partial charge in [-0.2, -0.15) is 0 Å². The van der Waals surface area contributed by atoms with Gasteiger partial charge in [-0.05, 0) is 42.9 Å². The minimum absolute atomic E-state index is 0.503. The summed E-state index contributed by atoms with van der Waals surface area (Å²) in [6.07, 6.45) is 10.8. The molecule has 1 nitrogen and oxygen atoms in total. The summed E-state index contributed by atoms with van der Waals surface area (Å²) < 4.78 is 0. The first-order chi connectivity index (χ1) is 9.84. The van der Waals surface area contributed by atoms with Crippen molar-refractivity contribution in [2.75, 3.05) is 0 Å². The lowest BCUT2D eigenvalue weighted by Crippen LogP contribution is -2.43. The third-order valence-electron chi connectivity index (χ3n) is 5.01. The van der Waals surface area contributed by atoms with Crippen LogP contribution < -0.4 is 5.32 Å². The third kappa shape index (κ3) is 1.76. The van der Waals surface area contributed by atoms with Crippen LogP contribution in [0, 0.1) is 5.92 Å². The fourth-order valence-electron chi connectivity index (χ4n) is 4.19. The Balaban J connectivity index is 1.82. The highest BCUT2D eigenvalue weighted by atomic mass is 15.0. The summed E-state index contributed by atoms with van der Waals surface area (Å²) in [4.78, 5) is 0. The standard InChI is InChI=1S/C19H21N/c1-13-18(14-7-3-2-4-8-14)16-11-5-9-15-10-6-12-17(20-13)19(15)16/h2-5,7-9,11,13,16,18,20H,6,10,12H2,1H3. The molecule has 20 heavy (non-hydrogen) atoms. The van der Waals surface area contributed by atoms with Gasteiger partial charge in [0.05, 0.1) is 0 Å². The predicted molar refractivity (Wildman–Crippen MR) is 83.4 cm³/mol. The fourth-order valence-corrected chi connectivity index (χ4v) is 4.19. The van der Waals surface area contributed by atoms with Crippen molar-refractivity contribution in [2.45, 2.75) is 38.1 Å². The van der Waals surface area contributed by atoms with Crippen molar-refractivity contribution >= 4 is 0 Å². The second-order valence-corrected chi connectivity index (χ2v) is 6.22. The average Bonchev–Trinajstić information content (AvgIpc) is 2.49. The third-order valence-corrected chi connectivity index (χ3v) is 5.01. The van der Waals surface area contributed by atoms with Gasteiger partial charge in [0.2, 0.25) is 0 Å². The SMILES string of the molecule is CC1NC2=C3C(=CC=CC3C1c1ccccc1)CCC2. The summed E-state index contributed by atoms with van der Waals surface area (Å²) in [6.45, 7) is 2.34. The second-order valence-electron chi connectivity index (χ2n) is 6.22. The van der Waals surface area contributed by atoms with Crippen molar-refractivity contribution in [1.82, 2.24) is 5.32 Å². The summed E-state index contributed by atoms with van der Waals surface area (Å²) in [5.41, 5.74) is 6.14. The number of hydrogen-bond donors (Lipinski definition) is 1. The monoisotopic (exact) mass is 263 g/mol. The van der Waals surface area contributed by atoms with Crippen molar-refractivity contribution in [3.8, 4) is 0 Å². The molecule has 4 rings (SSSR count). The molecule has 0 saturated carbocycles. The van der Waals surface area contributed by atoms with Crippen molar-refractivity contribution in [3.63, 3.8) is 0 Å². The first kappa shape index (κ1) is 12.0. The number of benzene rings is 1. The van der Waals surface area contributed by atoms with Crippen molar-refractivity contribution in [2.24, 2.45) is 5.92 Å². The van der Waals surface area contributed by atoms with Crippen LogP contribution >= 0.6 is 0 Å². The van der Waals surface area contributed by atoms with E-state index in [0.717, 1.165) is 0 Å². The molecular formula is C19H21N. The Kier molecular flexibility index (Phi) is 2.80.